The number of pyridine rings is 1. The molecular formula is C36H43NO8. The van der Waals surface area contributed by atoms with Crippen molar-refractivity contribution < 1.29 is 39.5 Å². The van der Waals surface area contributed by atoms with Gasteiger partial charge in [0.15, 0.2) is 0 Å². The van der Waals surface area contributed by atoms with E-state index in [-0.39, 0.29) is 31.2 Å². The van der Waals surface area contributed by atoms with Crippen molar-refractivity contribution in [2.75, 3.05) is 0 Å². The Morgan fingerprint density at radius 3 is 2.51 bits per heavy atom. The van der Waals surface area contributed by atoms with Crippen LogP contribution in [0.4, 0.5) is 0 Å². The summed E-state index contributed by atoms with van der Waals surface area (Å²) in [6, 6.07) is 12.5. The zero-order valence-electron chi connectivity index (χ0n) is 26.1. The van der Waals surface area contributed by atoms with Gasteiger partial charge in [-0.25, -0.2) is 9.59 Å². The number of hydrogen-bond donors (Lipinski definition) is 4. The second-order valence-electron chi connectivity index (χ2n) is 13.9. The topological polar surface area (TPSA) is 146 Å². The number of ether oxygens (including phenoxy) is 2. The summed E-state index contributed by atoms with van der Waals surface area (Å²) >= 11 is 0. The van der Waals surface area contributed by atoms with Gasteiger partial charge in [0, 0.05) is 24.4 Å². The van der Waals surface area contributed by atoms with Crippen LogP contribution in [0.15, 0.2) is 72.6 Å². The zero-order chi connectivity index (χ0) is 32.3. The van der Waals surface area contributed by atoms with Crippen LogP contribution < -0.4 is 0 Å². The first-order chi connectivity index (χ1) is 21.3. The Kier molecular flexibility index (Phi) is 7.84. The number of benzene rings is 1. The van der Waals surface area contributed by atoms with Gasteiger partial charge in [-0.3, -0.25) is 4.98 Å². The highest BCUT2D eigenvalue weighted by Crippen LogP contribution is 2.71. The van der Waals surface area contributed by atoms with E-state index in [1.165, 1.54) is 18.5 Å². The number of aliphatic hydroxyl groups is 4. The highest BCUT2D eigenvalue weighted by Gasteiger charge is 2.81. The van der Waals surface area contributed by atoms with Crippen LogP contribution in [-0.2, 0) is 14.3 Å². The first-order valence-corrected chi connectivity index (χ1v) is 15.9. The van der Waals surface area contributed by atoms with Crippen LogP contribution in [0.25, 0.3) is 6.08 Å². The predicted molar refractivity (Wildman–Crippen MR) is 165 cm³/mol. The lowest BCUT2D eigenvalue weighted by Gasteiger charge is -2.67. The molecule has 9 nitrogen and oxygen atoms in total. The van der Waals surface area contributed by atoms with Crippen molar-refractivity contribution in [2.24, 2.45) is 16.7 Å². The fourth-order valence-corrected chi connectivity index (χ4v) is 9.21. The van der Waals surface area contributed by atoms with Gasteiger partial charge in [-0.05, 0) is 81.1 Å². The molecule has 4 aliphatic carbocycles. The van der Waals surface area contributed by atoms with Crippen molar-refractivity contribution >= 4 is 18.0 Å². The molecule has 1 aromatic carbocycles. The molecule has 0 radical (unpaired) electrons. The van der Waals surface area contributed by atoms with Crippen molar-refractivity contribution in [3.05, 3.63) is 83.7 Å². The van der Waals surface area contributed by atoms with Gasteiger partial charge in [0.2, 0.25) is 0 Å². The van der Waals surface area contributed by atoms with Crippen LogP contribution in [0.1, 0.15) is 81.6 Å². The average Bonchev–Trinajstić information content (AvgIpc) is 3.26. The molecule has 3 fully saturated rings. The summed E-state index contributed by atoms with van der Waals surface area (Å²) in [6.07, 6.45) is 7.05. The summed E-state index contributed by atoms with van der Waals surface area (Å²) in [5.74, 6) is -1.86. The summed E-state index contributed by atoms with van der Waals surface area (Å²) in [5.41, 5.74) is -5.62. The molecule has 0 bridgehead atoms. The summed E-state index contributed by atoms with van der Waals surface area (Å²) < 4.78 is 12.0. The molecule has 6 rings (SSSR count). The van der Waals surface area contributed by atoms with E-state index >= 15 is 0 Å². The van der Waals surface area contributed by atoms with E-state index < -0.39 is 63.8 Å². The van der Waals surface area contributed by atoms with E-state index in [0.29, 0.717) is 19.3 Å². The Bertz CT molecular complexity index is 1510. The minimum atomic E-state index is -1.91. The number of esters is 2. The number of aromatic nitrogens is 1. The van der Waals surface area contributed by atoms with Crippen LogP contribution in [0.2, 0.25) is 0 Å². The number of aliphatic hydroxyl groups excluding tert-OH is 1. The van der Waals surface area contributed by atoms with Crippen LogP contribution in [0.3, 0.4) is 0 Å². The van der Waals surface area contributed by atoms with Gasteiger partial charge in [0.1, 0.15) is 29.0 Å². The fraction of sp³-hybridized carbons (Fsp3) is 0.528. The molecule has 45 heavy (non-hydrogen) atoms. The number of hydrogen-bond acceptors (Lipinski definition) is 9. The van der Waals surface area contributed by atoms with Gasteiger partial charge >= 0.3 is 11.9 Å². The smallest absolute Gasteiger partial charge is 0.340 e. The minimum Gasteiger partial charge on any atom is -0.458 e. The molecule has 2 aromatic rings. The lowest BCUT2D eigenvalue weighted by Crippen LogP contribution is -2.78. The molecule has 4 aliphatic rings. The number of carbonyl (C=O) groups is 2. The average molecular weight is 618 g/mol. The van der Waals surface area contributed by atoms with E-state index in [1.54, 1.807) is 32.1 Å². The third kappa shape index (κ3) is 4.70. The van der Waals surface area contributed by atoms with Crippen LogP contribution in [0, 0.1) is 16.7 Å². The van der Waals surface area contributed by atoms with Gasteiger partial charge in [0.25, 0.3) is 0 Å². The molecule has 1 heterocycles. The highest BCUT2D eigenvalue weighted by molar-refractivity contribution is 5.89. The SMILES string of the molecule is C[C@H](OC(=O)c1cccnc1)[C@]1(O)CC[C@@]2(O)[C@]1(C)[C@H](OC(=O)/C=C/c1ccccc1)C[C@@H]1[C@@]3(C)CC[C@H](O)CC3=CC[C@]12O. The standard InChI is InChI=1S/C36H43NO8/c1-23(44-31(40)25-10-7-19-37-22-25)34(41)17-18-36(43)33(34,3)29(45-30(39)12-11-24-8-5-4-6-9-24)21-28-32(2)15-14-27(38)20-26(32)13-16-35(28,36)42/h4-13,19,22-23,27-29,38,41-43H,14-18,20-21H2,1-3H3/b12-11+/t23-,27-,28+,29+,32-,33+,34+,35-,36+/m0/s1. The molecule has 0 amide bonds. The first kappa shape index (κ1) is 31.6. The number of carbonyl (C=O) groups excluding carboxylic acids is 2. The van der Waals surface area contributed by atoms with Crippen molar-refractivity contribution in [1.29, 1.82) is 0 Å². The molecule has 4 N–H and O–H groups in total. The van der Waals surface area contributed by atoms with Gasteiger partial charge < -0.3 is 29.9 Å². The molecule has 9 heteroatoms. The Hall–Kier alpha value is -3.37. The van der Waals surface area contributed by atoms with Crippen molar-refractivity contribution in [3.8, 4) is 0 Å². The summed E-state index contributed by atoms with van der Waals surface area (Å²) in [7, 11) is 0. The quantitative estimate of drug-likeness (QED) is 0.213. The predicted octanol–water partition coefficient (Wildman–Crippen LogP) is 4.15. The van der Waals surface area contributed by atoms with Crippen LogP contribution >= 0.6 is 0 Å². The lowest BCUT2D eigenvalue weighted by molar-refractivity contribution is -0.326. The van der Waals surface area contributed by atoms with Gasteiger partial charge in [-0.2, -0.15) is 0 Å². The normalized spacial score (nSPS) is 39.6. The van der Waals surface area contributed by atoms with Gasteiger partial charge in [-0.15, -0.1) is 0 Å². The highest BCUT2D eigenvalue weighted by atomic mass is 16.6. The monoisotopic (exact) mass is 617 g/mol. The van der Waals surface area contributed by atoms with Crippen molar-refractivity contribution in [3.63, 3.8) is 0 Å². The maximum atomic E-state index is 13.4. The molecule has 0 spiro atoms. The third-order valence-electron chi connectivity index (χ3n) is 12.0. The molecule has 1 aromatic heterocycles. The van der Waals surface area contributed by atoms with E-state index in [4.69, 9.17) is 9.47 Å². The Morgan fingerprint density at radius 2 is 1.80 bits per heavy atom. The van der Waals surface area contributed by atoms with Crippen molar-refractivity contribution in [1.82, 2.24) is 4.98 Å². The molecule has 0 unspecified atom stereocenters. The summed E-state index contributed by atoms with van der Waals surface area (Å²) in [6.45, 7) is 5.27. The van der Waals surface area contributed by atoms with Crippen LogP contribution in [-0.4, -0.2) is 72.5 Å². The largest absolute Gasteiger partial charge is 0.458 e. The molecule has 240 valence electrons. The van der Waals surface area contributed by atoms with Crippen molar-refractivity contribution in [2.45, 2.75) is 101 Å². The second kappa shape index (κ2) is 11.2. The fourth-order valence-electron chi connectivity index (χ4n) is 9.21. The Balaban J connectivity index is 1.40. The maximum Gasteiger partial charge on any atom is 0.340 e. The van der Waals surface area contributed by atoms with E-state index in [0.717, 1.165) is 11.1 Å². The van der Waals surface area contributed by atoms with Gasteiger partial charge in [-0.1, -0.05) is 55.8 Å². The molecule has 9 atom stereocenters. The number of fused-ring (bicyclic) bond motifs is 5. The molecular weight excluding hydrogens is 574 g/mol. The molecule has 3 saturated carbocycles. The Morgan fingerprint density at radius 1 is 1.04 bits per heavy atom. The maximum absolute atomic E-state index is 13.4. The summed E-state index contributed by atoms with van der Waals surface area (Å²) in [4.78, 5) is 30.5. The van der Waals surface area contributed by atoms with Crippen LogP contribution in [0.5, 0.6) is 0 Å². The van der Waals surface area contributed by atoms with E-state index in [9.17, 15) is 30.0 Å². The molecule has 0 saturated heterocycles. The first-order valence-electron chi connectivity index (χ1n) is 15.9. The molecule has 0 aliphatic heterocycles. The minimum absolute atomic E-state index is 0.00241. The number of nitrogens with zero attached hydrogens (tertiary/aromatic N) is 1. The number of rotatable bonds is 6. The third-order valence-corrected chi connectivity index (χ3v) is 12.0. The second-order valence-corrected chi connectivity index (χ2v) is 13.9. The summed E-state index contributed by atoms with van der Waals surface area (Å²) in [5, 5.41) is 48.6. The lowest BCUT2D eigenvalue weighted by atomic mass is 9.42. The van der Waals surface area contributed by atoms with E-state index in [2.05, 4.69) is 11.9 Å². The zero-order valence-corrected chi connectivity index (χ0v) is 26.1. The van der Waals surface area contributed by atoms with Gasteiger partial charge in [0.05, 0.1) is 17.1 Å². The van der Waals surface area contributed by atoms with E-state index in [1.807, 2.05) is 36.4 Å². The Labute approximate surface area is 263 Å².